The van der Waals surface area contributed by atoms with E-state index >= 15 is 0 Å². The van der Waals surface area contributed by atoms with E-state index in [-0.39, 0.29) is 11.8 Å². The number of alkyl halides is 2. The smallest absolute Gasteiger partial charge is 0.270 e. The summed E-state index contributed by atoms with van der Waals surface area (Å²) in [7, 11) is 0. The molecule has 2 aliphatic rings. The summed E-state index contributed by atoms with van der Waals surface area (Å²) >= 11 is 0. The van der Waals surface area contributed by atoms with Crippen molar-refractivity contribution in [2.24, 2.45) is 5.41 Å². The number of hydrogen-bond donors (Lipinski definition) is 1. The number of aliphatic hydroxyl groups is 1. The minimum Gasteiger partial charge on any atom is -0.380 e. The molecular formula is C11H16F2O. The highest BCUT2D eigenvalue weighted by molar-refractivity contribution is 5.15. The van der Waals surface area contributed by atoms with Crippen LogP contribution in [0.2, 0.25) is 0 Å². The van der Waals surface area contributed by atoms with Crippen molar-refractivity contribution in [3.05, 3.63) is 12.2 Å². The molecule has 1 fully saturated rings. The lowest BCUT2D eigenvalue weighted by atomic mass is 9.73. The Kier molecular flexibility index (Phi) is 2.38. The normalized spacial score (nSPS) is 35.7. The van der Waals surface area contributed by atoms with E-state index < -0.39 is 12.0 Å². The second-order valence-electron chi connectivity index (χ2n) is 4.69. The fraction of sp³-hybridized carbons (Fsp3) is 0.818. The largest absolute Gasteiger partial charge is 0.380 e. The molecule has 14 heavy (non-hydrogen) atoms. The quantitative estimate of drug-likeness (QED) is 0.648. The molecular weight excluding hydrogens is 186 g/mol. The third-order valence-corrected chi connectivity index (χ3v) is 3.73. The first-order valence-corrected chi connectivity index (χ1v) is 5.27. The Hall–Kier alpha value is -0.440. The molecule has 0 heterocycles. The fourth-order valence-electron chi connectivity index (χ4n) is 2.61. The van der Waals surface area contributed by atoms with Crippen LogP contribution in [0.15, 0.2) is 12.2 Å². The van der Waals surface area contributed by atoms with Crippen LogP contribution in [0.4, 0.5) is 8.78 Å². The van der Waals surface area contributed by atoms with Crippen molar-refractivity contribution in [1.29, 1.82) is 0 Å². The molecule has 0 aromatic heterocycles. The van der Waals surface area contributed by atoms with Gasteiger partial charge in [-0.2, -0.15) is 0 Å². The summed E-state index contributed by atoms with van der Waals surface area (Å²) in [5.74, 6) is 0. The zero-order valence-corrected chi connectivity index (χ0v) is 8.18. The SMILES string of the molecule is OC1(C(F)F)C=CC2(CCCC2)CC1. The maximum Gasteiger partial charge on any atom is 0.270 e. The molecule has 1 atom stereocenters. The molecule has 80 valence electrons. The van der Waals surface area contributed by atoms with Gasteiger partial charge in [0.2, 0.25) is 0 Å². The number of rotatable bonds is 1. The molecule has 3 heteroatoms. The van der Waals surface area contributed by atoms with Gasteiger partial charge < -0.3 is 5.11 Å². The van der Waals surface area contributed by atoms with Crippen LogP contribution < -0.4 is 0 Å². The van der Waals surface area contributed by atoms with Gasteiger partial charge in [-0.1, -0.05) is 25.0 Å². The van der Waals surface area contributed by atoms with Gasteiger partial charge in [0.15, 0.2) is 0 Å². The van der Waals surface area contributed by atoms with E-state index in [1.165, 1.54) is 18.9 Å². The molecule has 0 aromatic carbocycles. The van der Waals surface area contributed by atoms with E-state index in [9.17, 15) is 13.9 Å². The minimum absolute atomic E-state index is 0.140. The standard InChI is InChI=1S/C11H16F2O/c12-9(13)11(14)7-5-10(6-8-11)3-1-2-4-10/h5,7,9,14H,1-4,6,8H2. The Bertz CT molecular complexity index is 236. The maximum atomic E-state index is 12.5. The third kappa shape index (κ3) is 1.58. The monoisotopic (exact) mass is 202 g/mol. The Morgan fingerprint density at radius 1 is 1.00 bits per heavy atom. The Balaban J connectivity index is 2.13. The van der Waals surface area contributed by atoms with Gasteiger partial charge in [-0.3, -0.25) is 0 Å². The second-order valence-corrected chi connectivity index (χ2v) is 4.69. The molecule has 1 saturated carbocycles. The summed E-state index contributed by atoms with van der Waals surface area (Å²) in [5.41, 5.74) is -1.71. The molecule has 0 bridgehead atoms. The second kappa shape index (κ2) is 3.30. The lowest BCUT2D eigenvalue weighted by Crippen LogP contribution is -2.39. The molecule has 2 aliphatic carbocycles. The van der Waals surface area contributed by atoms with Gasteiger partial charge in [0.1, 0.15) is 5.60 Å². The van der Waals surface area contributed by atoms with Gasteiger partial charge in [-0.05, 0) is 31.1 Å². The predicted octanol–water partition coefficient (Wildman–Crippen LogP) is 2.89. The van der Waals surface area contributed by atoms with Gasteiger partial charge >= 0.3 is 0 Å². The van der Waals surface area contributed by atoms with Crippen LogP contribution in [0.3, 0.4) is 0 Å². The molecule has 0 saturated heterocycles. The average Bonchev–Trinajstić information content (AvgIpc) is 2.60. The van der Waals surface area contributed by atoms with Crippen molar-refractivity contribution in [3.8, 4) is 0 Å². The fourth-order valence-corrected chi connectivity index (χ4v) is 2.61. The molecule has 0 aromatic rings. The summed E-state index contributed by atoms with van der Waals surface area (Å²) in [6.07, 6.45) is 6.03. The van der Waals surface area contributed by atoms with Crippen LogP contribution >= 0.6 is 0 Å². The van der Waals surface area contributed by atoms with Gasteiger partial charge in [-0.15, -0.1) is 0 Å². The molecule has 0 aliphatic heterocycles. The average molecular weight is 202 g/mol. The van der Waals surface area contributed by atoms with Gasteiger partial charge in [0.05, 0.1) is 0 Å². The van der Waals surface area contributed by atoms with E-state index in [4.69, 9.17) is 0 Å². The summed E-state index contributed by atoms with van der Waals surface area (Å²) in [4.78, 5) is 0. The molecule has 1 N–H and O–H groups in total. The summed E-state index contributed by atoms with van der Waals surface area (Å²) in [5, 5.41) is 9.56. The first-order chi connectivity index (χ1) is 6.56. The highest BCUT2D eigenvalue weighted by Crippen LogP contribution is 2.48. The number of hydrogen-bond acceptors (Lipinski definition) is 1. The zero-order chi connectivity index (χ0) is 10.2. The lowest BCUT2D eigenvalue weighted by Gasteiger charge is -2.36. The summed E-state index contributed by atoms with van der Waals surface area (Å²) in [6.45, 7) is 0. The Labute approximate surface area is 82.8 Å². The molecule has 2 rings (SSSR count). The van der Waals surface area contributed by atoms with E-state index in [1.54, 1.807) is 0 Å². The molecule has 1 unspecified atom stereocenters. The van der Waals surface area contributed by atoms with Gasteiger partial charge in [0, 0.05) is 0 Å². The van der Waals surface area contributed by atoms with Crippen molar-refractivity contribution in [1.82, 2.24) is 0 Å². The topological polar surface area (TPSA) is 20.2 Å². The summed E-state index contributed by atoms with van der Waals surface area (Å²) < 4.78 is 25.0. The van der Waals surface area contributed by atoms with Crippen LogP contribution in [-0.2, 0) is 0 Å². The lowest BCUT2D eigenvalue weighted by molar-refractivity contribution is -0.0765. The van der Waals surface area contributed by atoms with Crippen LogP contribution in [0, 0.1) is 5.41 Å². The highest BCUT2D eigenvalue weighted by atomic mass is 19.3. The van der Waals surface area contributed by atoms with Crippen LogP contribution in [0.25, 0.3) is 0 Å². The first-order valence-electron chi connectivity index (χ1n) is 5.27. The third-order valence-electron chi connectivity index (χ3n) is 3.73. The predicted molar refractivity (Wildman–Crippen MR) is 50.2 cm³/mol. The number of allylic oxidation sites excluding steroid dienone is 1. The van der Waals surface area contributed by atoms with Crippen LogP contribution in [0.5, 0.6) is 0 Å². The van der Waals surface area contributed by atoms with Crippen molar-refractivity contribution < 1.29 is 13.9 Å². The van der Waals surface area contributed by atoms with E-state index in [1.807, 2.05) is 6.08 Å². The van der Waals surface area contributed by atoms with Crippen molar-refractivity contribution in [2.45, 2.75) is 50.6 Å². The van der Waals surface area contributed by atoms with Crippen LogP contribution in [0.1, 0.15) is 38.5 Å². The summed E-state index contributed by atoms with van der Waals surface area (Å²) in [6, 6.07) is 0. The van der Waals surface area contributed by atoms with Gasteiger partial charge in [0.25, 0.3) is 6.43 Å². The molecule has 1 nitrogen and oxygen atoms in total. The molecule has 1 spiro atoms. The Morgan fingerprint density at radius 2 is 1.64 bits per heavy atom. The van der Waals surface area contributed by atoms with E-state index in [2.05, 4.69) is 0 Å². The zero-order valence-electron chi connectivity index (χ0n) is 8.18. The minimum atomic E-state index is -2.66. The molecule has 0 amide bonds. The maximum absolute atomic E-state index is 12.5. The van der Waals surface area contributed by atoms with Crippen LogP contribution in [-0.4, -0.2) is 17.1 Å². The van der Waals surface area contributed by atoms with Gasteiger partial charge in [-0.25, -0.2) is 8.78 Å². The van der Waals surface area contributed by atoms with Crippen molar-refractivity contribution in [3.63, 3.8) is 0 Å². The molecule has 0 radical (unpaired) electrons. The van der Waals surface area contributed by atoms with E-state index in [0.717, 1.165) is 12.8 Å². The van der Waals surface area contributed by atoms with Crippen molar-refractivity contribution >= 4 is 0 Å². The highest BCUT2D eigenvalue weighted by Gasteiger charge is 2.43. The first kappa shape index (κ1) is 10.1. The Morgan fingerprint density at radius 3 is 2.07 bits per heavy atom. The van der Waals surface area contributed by atoms with E-state index in [0.29, 0.717) is 6.42 Å². The van der Waals surface area contributed by atoms with Crippen molar-refractivity contribution in [2.75, 3.05) is 0 Å². The number of halogens is 2.